The minimum Gasteiger partial charge on any atom is -0.494 e. The van der Waals surface area contributed by atoms with E-state index in [2.05, 4.69) is 31.2 Å². The summed E-state index contributed by atoms with van der Waals surface area (Å²) in [6.45, 7) is -2.69. The van der Waals surface area contributed by atoms with Crippen LogP contribution in [0.2, 0.25) is 0 Å². The van der Waals surface area contributed by atoms with Gasteiger partial charge in [-0.2, -0.15) is 0 Å². The Kier molecular flexibility index (Phi) is 7.84. The maximum Gasteiger partial charge on any atom is 0.255 e. The van der Waals surface area contributed by atoms with Crippen molar-refractivity contribution in [3.05, 3.63) is 65.6 Å². The van der Waals surface area contributed by atoms with Crippen LogP contribution >= 0.6 is 11.6 Å². The fraction of sp³-hybridized carbons (Fsp3) is 0.259. The van der Waals surface area contributed by atoms with Gasteiger partial charge in [-0.25, -0.2) is 4.98 Å². The van der Waals surface area contributed by atoms with Crippen molar-refractivity contribution in [2.45, 2.75) is 19.4 Å². The maximum absolute atomic E-state index is 13.1. The third kappa shape index (κ3) is 7.03. The first-order valence-corrected chi connectivity index (χ1v) is 12.7. The zero-order chi connectivity index (χ0) is 31.1. The molecule has 4 amide bonds. The van der Waals surface area contributed by atoms with Crippen molar-refractivity contribution in [3.63, 3.8) is 0 Å². The number of carbonyl (C=O) groups excluding carboxylic acids is 4. The Hall–Kier alpha value is -4.71. The van der Waals surface area contributed by atoms with E-state index in [9.17, 15) is 19.2 Å². The van der Waals surface area contributed by atoms with Gasteiger partial charge in [-0.3, -0.25) is 24.2 Å². The van der Waals surface area contributed by atoms with E-state index in [-0.39, 0.29) is 64.2 Å². The molecule has 0 atom stereocenters. The summed E-state index contributed by atoms with van der Waals surface area (Å²) >= 11 is 5.49. The van der Waals surface area contributed by atoms with Gasteiger partial charge in [0.2, 0.25) is 11.8 Å². The van der Waals surface area contributed by atoms with E-state index >= 15 is 0 Å². The lowest BCUT2D eigenvalue weighted by Crippen LogP contribution is -2.24. The maximum atomic E-state index is 13.1. The molecule has 0 aliphatic heterocycles. The third-order valence-electron chi connectivity index (χ3n) is 5.85. The Morgan fingerprint density at radius 1 is 1.02 bits per heavy atom. The van der Waals surface area contributed by atoms with Crippen LogP contribution in [-0.4, -0.2) is 53.6 Å². The number of pyridine rings is 2. The first-order chi connectivity index (χ1) is 20.5. The molecule has 4 rings (SSSR count). The molecule has 1 aliphatic rings. The number of methoxy groups -OCH3 is 1. The molecule has 0 bridgehead atoms. The van der Waals surface area contributed by atoms with Gasteiger partial charge in [0.25, 0.3) is 11.8 Å². The number of aromatic nitrogens is 2. The summed E-state index contributed by atoms with van der Waals surface area (Å²) in [5.74, 6) is -2.01. The molecule has 2 aromatic heterocycles. The van der Waals surface area contributed by atoms with Gasteiger partial charge < -0.3 is 31.3 Å². The van der Waals surface area contributed by atoms with E-state index in [1.807, 2.05) is 5.32 Å². The van der Waals surface area contributed by atoms with Crippen molar-refractivity contribution >= 4 is 58.1 Å². The van der Waals surface area contributed by atoms with Crippen LogP contribution in [0, 0.1) is 5.92 Å². The summed E-state index contributed by atoms with van der Waals surface area (Å²) in [6.07, 6.45) is 4.13. The fourth-order valence-electron chi connectivity index (χ4n) is 3.69. The molecule has 0 spiro atoms. The summed E-state index contributed by atoms with van der Waals surface area (Å²) in [5, 5.41) is 13.0. The van der Waals surface area contributed by atoms with Crippen molar-refractivity contribution in [2.75, 3.05) is 35.9 Å². The average molecular weight is 569 g/mol. The first-order valence-electron chi connectivity index (χ1n) is 13.6. The van der Waals surface area contributed by atoms with Gasteiger partial charge in [0.05, 0.1) is 53.7 Å². The van der Waals surface area contributed by atoms with Crippen LogP contribution in [0.5, 0.6) is 5.75 Å². The van der Waals surface area contributed by atoms with Crippen molar-refractivity contribution in [2.24, 2.45) is 5.92 Å². The van der Waals surface area contributed by atoms with Crippen LogP contribution in [0.3, 0.4) is 0 Å². The summed E-state index contributed by atoms with van der Waals surface area (Å²) in [7, 11) is 1.36. The molecular weight excluding hydrogens is 538 g/mol. The van der Waals surface area contributed by atoms with E-state index < -0.39 is 18.8 Å². The molecule has 0 unspecified atom stereocenters. The Labute approximate surface area is 239 Å². The molecular formula is C27H28ClN7O5. The standard InChI is InChI=1S/C27H28ClN7O5/c1-29-26(38)19-14-31-22(35-25(37)15-6-7-15)10-21(19)34-20-5-3-4-18(24(20)40-2)27(39)32-12-16-8-9-17(13-30-16)33-23(36)11-28/h3-5,8-10,13-15H,6-7,11-12H2,1-2H3,(H,29,38)(H,32,39)(H,33,36)(H2,31,34,35,37)/i1D3. The number of ether oxygens (including phenoxy) is 1. The molecule has 1 aliphatic carbocycles. The number of nitrogens with zero attached hydrogens (tertiary/aromatic N) is 2. The fourth-order valence-corrected chi connectivity index (χ4v) is 3.76. The van der Waals surface area contributed by atoms with E-state index in [1.165, 1.54) is 25.4 Å². The predicted molar refractivity (Wildman–Crippen MR) is 150 cm³/mol. The van der Waals surface area contributed by atoms with E-state index in [0.29, 0.717) is 11.4 Å². The minimum atomic E-state index is -2.75. The number of benzene rings is 1. The van der Waals surface area contributed by atoms with Crippen LogP contribution < -0.4 is 31.3 Å². The highest BCUT2D eigenvalue weighted by Gasteiger charge is 2.30. The lowest BCUT2D eigenvalue weighted by molar-refractivity contribution is -0.117. The molecule has 0 radical (unpaired) electrons. The number of amides is 4. The number of hydrogen-bond acceptors (Lipinski definition) is 8. The lowest BCUT2D eigenvalue weighted by Gasteiger charge is -2.17. The van der Waals surface area contributed by atoms with Gasteiger partial charge in [0.1, 0.15) is 11.7 Å². The molecule has 13 heteroatoms. The number of nitrogens with one attached hydrogen (secondary N) is 5. The second-order valence-corrected chi connectivity index (χ2v) is 9.01. The number of para-hydroxylation sites is 1. The second-order valence-electron chi connectivity index (χ2n) is 8.75. The normalized spacial score (nSPS) is 13.6. The molecule has 3 aromatic rings. The van der Waals surface area contributed by atoms with Gasteiger partial charge >= 0.3 is 0 Å². The van der Waals surface area contributed by atoms with Crippen LogP contribution in [0.1, 0.15) is 43.4 Å². The van der Waals surface area contributed by atoms with Crippen LogP contribution in [0.4, 0.5) is 22.9 Å². The molecule has 2 heterocycles. The van der Waals surface area contributed by atoms with Crippen molar-refractivity contribution in [1.82, 2.24) is 20.6 Å². The molecule has 0 saturated heterocycles. The number of halogens is 1. The third-order valence-corrected chi connectivity index (χ3v) is 6.10. The molecule has 5 N–H and O–H groups in total. The average Bonchev–Trinajstić information content (AvgIpc) is 3.81. The smallest absolute Gasteiger partial charge is 0.255 e. The molecule has 40 heavy (non-hydrogen) atoms. The number of rotatable bonds is 11. The molecule has 1 saturated carbocycles. The predicted octanol–water partition coefficient (Wildman–Crippen LogP) is 3.04. The Balaban J connectivity index is 1.55. The Morgan fingerprint density at radius 2 is 1.85 bits per heavy atom. The molecule has 1 aromatic carbocycles. The van der Waals surface area contributed by atoms with Crippen LogP contribution in [0.15, 0.2) is 48.8 Å². The number of carbonyl (C=O) groups is 4. The van der Waals surface area contributed by atoms with E-state index in [4.69, 9.17) is 20.5 Å². The molecule has 1 fully saturated rings. The Bertz CT molecular complexity index is 1530. The van der Waals surface area contributed by atoms with Crippen molar-refractivity contribution in [1.29, 1.82) is 0 Å². The zero-order valence-electron chi connectivity index (χ0n) is 24.3. The topological polar surface area (TPSA) is 163 Å². The van der Waals surface area contributed by atoms with Gasteiger partial charge in [-0.15, -0.1) is 11.6 Å². The SMILES string of the molecule is [2H]C([2H])([2H])NC(=O)c1cnc(NC(=O)C2CC2)cc1Nc1cccc(C(=O)NCc2ccc(NC(=O)CCl)cn2)c1OC. The summed E-state index contributed by atoms with van der Waals surface area (Å²) < 4.78 is 27.7. The highest BCUT2D eigenvalue weighted by Crippen LogP contribution is 2.34. The van der Waals surface area contributed by atoms with Crippen molar-refractivity contribution in [3.8, 4) is 5.75 Å². The zero-order valence-corrected chi connectivity index (χ0v) is 22.1. The van der Waals surface area contributed by atoms with Gasteiger partial charge in [0, 0.05) is 29.3 Å². The summed E-state index contributed by atoms with van der Waals surface area (Å²) in [6, 6.07) is 9.37. The quantitative estimate of drug-likeness (QED) is 0.220. The van der Waals surface area contributed by atoms with Gasteiger partial charge in [-0.05, 0) is 37.1 Å². The molecule has 208 valence electrons. The lowest BCUT2D eigenvalue weighted by atomic mass is 10.1. The molecule has 12 nitrogen and oxygen atoms in total. The monoisotopic (exact) mass is 568 g/mol. The van der Waals surface area contributed by atoms with E-state index in [0.717, 1.165) is 19.0 Å². The summed E-state index contributed by atoms with van der Waals surface area (Å²) in [5.41, 5.74) is 1.41. The number of hydrogen-bond donors (Lipinski definition) is 5. The van der Waals surface area contributed by atoms with Gasteiger partial charge in [-0.1, -0.05) is 6.07 Å². The van der Waals surface area contributed by atoms with Gasteiger partial charge in [0.15, 0.2) is 5.75 Å². The Morgan fingerprint density at radius 3 is 2.52 bits per heavy atom. The second kappa shape index (κ2) is 12.9. The number of alkyl halides is 1. The van der Waals surface area contributed by atoms with Crippen LogP contribution in [0.25, 0.3) is 0 Å². The highest BCUT2D eigenvalue weighted by atomic mass is 35.5. The van der Waals surface area contributed by atoms with Crippen LogP contribution in [-0.2, 0) is 16.1 Å². The van der Waals surface area contributed by atoms with Crippen molar-refractivity contribution < 1.29 is 28.0 Å². The van der Waals surface area contributed by atoms with E-state index in [1.54, 1.807) is 24.3 Å². The highest BCUT2D eigenvalue weighted by molar-refractivity contribution is 6.29. The first kappa shape index (κ1) is 24.3. The summed E-state index contributed by atoms with van der Waals surface area (Å²) in [4.78, 5) is 58.0. The largest absolute Gasteiger partial charge is 0.494 e. The minimum absolute atomic E-state index is 0.0667. The number of anilines is 4.